The summed E-state index contributed by atoms with van der Waals surface area (Å²) < 4.78 is 5.54. The van der Waals surface area contributed by atoms with Gasteiger partial charge in [-0.15, -0.1) is 0 Å². The molecule has 3 nitrogen and oxygen atoms in total. The molecule has 0 unspecified atom stereocenters. The first-order chi connectivity index (χ1) is 8.11. The summed E-state index contributed by atoms with van der Waals surface area (Å²) in [5.41, 5.74) is 2.32. The largest absolute Gasteiger partial charge is 0.389 e. The van der Waals surface area contributed by atoms with Crippen molar-refractivity contribution in [3.05, 3.63) is 39.9 Å². The maximum atomic E-state index is 11.5. The molecule has 88 valence electrons. The van der Waals surface area contributed by atoms with Crippen molar-refractivity contribution in [1.29, 1.82) is 0 Å². The Bertz CT molecular complexity index is 500. The van der Waals surface area contributed by atoms with Crippen LogP contribution in [0.3, 0.4) is 0 Å². The summed E-state index contributed by atoms with van der Waals surface area (Å²) in [4.78, 5) is 22.6. The number of benzene rings is 1. The van der Waals surface area contributed by atoms with Crippen molar-refractivity contribution in [3.8, 4) is 0 Å². The highest BCUT2D eigenvalue weighted by atomic mass is 79.9. The molecule has 0 saturated carbocycles. The van der Waals surface area contributed by atoms with Gasteiger partial charge in [0, 0.05) is 4.47 Å². The van der Waals surface area contributed by atoms with Gasteiger partial charge in [0.15, 0.2) is 0 Å². The molecule has 1 saturated heterocycles. The monoisotopic (exact) mass is 294 g/mol. The van der Waals surface area contributed by atoms with Gasteiger partial charge in [0.1, 0.15) is 0 Å². The summed E-state index contributed by atoms with van der Waals surface area (Å²) in [7, 11) is 0. The van der Waals surface area contributed by atoms with E-state index < -0.39 is 11.9 Å². The third-order valence-corrected chi connectivity index (χ3v) is 3.21. The van der Waals surface area contributed by atoms with Crippen molar-refractivity contribution in [2.75, 3.05) is 0 Å². The second-order valence-corrected chi connectivity index (χ2v) is 4.67. The summed E-state index contributed by atoms with van der Waals surface area (Å²) in [6.07, 6.45) is 0.775. The first kappa shape index (κ1) is 12.0. The quantitative estimate of drug-likeness (QED) is 0.478. The summed E-state index contributed by atoms with van der Waals surface area (Å²) in [6.45, 7) is 1.96. The maximum absolute atomic E-state index is 11.5. The van der Waals surface area contributed by atoms with Crippen LogP contribution in [0.2, 0.25) is 0 Å². The van der Waals surface area contributed by atoms with Crippen LogP contribution in [0.15, 0.2) is 34.3 Å². The van der Waals surface area contributed by atoms with Gasteiger partial charge in [-0.05, 0) is 29.7 Å². The van der Waals surface area contributed by atoms with Gasteiger partial charge in [0.2, 0.25) is 0 Å². The number of esters is 2. The van der Waals surface area contributed by atoms with Gasteiger partial charge in [-0.3, -0.25) is 4.79 Å². The van der Waals surface area contributed by atoms with E-state index in [2.05, 4.69) is 20.7 Å². The Hall–Kier alpha value is -1.42. The molecular weight excluding hydrogens is 284 g/mol. The van der Waals surface area contributed by atoms with Crippen LogP contribution in [0.1, 0.15) is 25.3 Å². The number of rotatable bonds is 2. The number of carbonyl (C=O) groups is 2. The molecule has 0 radical (unpaired) electrons. The van der Waals surface area contributed by atoms with Crippen LogP contribution in [-0.2, 0) is 14.3 Å². The number of allylic oxidation sites excluding steroid dienone is 1. The Morgan fingerprint density at radius 1 is 1.29 bits per heavy atom. The minimum Gasteiger partial charge on any atom is -0.389 e. The van der Waals surface area contributed by atoms with E-state index in [9.17, 15) is 9.59 Å². The van der Waals surface area contributed by atoms with Gasteiger partial charge < -0.3 is 4.74 Å². The SMILES string of the molecule is CCC(=C1CC(=O)OC1=O)c1ccc(Br)cc1. The Morgan fingerprint density at radius 3 is 2.41 bits per heavy atom. The van der Waals surface area contributed by atoms with Gasteiger partial charge in [-0.2, -0.15) is 0 Å². The smallest absolute Gasteiger partial charge is 0.342 e. The molecule has 0 spiro atoms. The predicted molar refractivity (Wildman–Crippen MR) is 67.1 cm³/mol. The third-order valence-electron chi connectivity index (χ3n) is 2.68. The van der Waals surface area contributed by atoms with Crippen molar-refractivity contribution in [1.82, 2.24) is 0 Å². The van der Waals surface area contributed by atoms with Crippen LogP contribution in [0, 0.1) is 0 Å². The predicted octanol–water partition coefficient (Wildman–Crippen LogP) is 3.09. The van der Waals surface area contributed by atoms with Crippen LogP contribution in [0.4, 0.5) is 0 Å². The van der Waals surface area contributed by atoms with Gasteiger partial charge in [0.25, 0.3) is 0 Å². The van der Waals surface area contributed by atoms with Crippen LogP contribution in [0.5, 0.6) is 0 Å². The van der Waals surface area contributed by atoms with Crippen molar-refractivity contribution in [2.45, 2.75) is 19.8 Å². The second-order valence-electron chi connectivity index (χ2n) is 3.76. The molecule has 1 heterocycles. The number of hydrogen-bond donors (Lipinski definition) is 0. The Balaban J connectivity index is 2.46. The van der Waals surface area contributed by atoms with Crippen LogP contribution < -0.4 is 0 Å². The van der Waals surface area contributed by atoms with Crippen molar-refractivity contribution in [3.63, 3.8) is 0 Å². The third kappa shape index (κ3) is 2.47. The first-order valence-corrected chi connectivity index (χ1v) is 6.14. The summed E-state index contributed by atoms with van der Waals surface area (Å²) in [5.74, 6) is -0.970. The van der Waals surface area contributed by atoms with Crippen LogP contribution >= 0.6 is 15.9 Å². The number of halogens is 1. The van der Waals surface area contributed by atoms with Gasteiger partial charge in [-0.25, -0.2) is 4.79 Å². The molecule has 0 bridgehead atoms. The van der Waals surface area contributed by atoms with E-state index in [-0.39, 0.29) is 6.42 Å². The summed E-state index contributed by atoms with van der Waals surface area (Å²) >= 11 is 3.36. The summed E-state index contributed by atoms with van der Waals surface area (Å²) in [5, 5.41) is 0. The zero-order chi connectivity index (χ0) is 12.4. The molecule has 2 rings (SSSR count). The lowest BCUT2D eigenvalue weighted by Gasteiger charge is -2.07. The molecule has 1 aliphatic rings. The van der Waals surface area contributed by atoms with Gasteiger partial charge in [-0.1, -0.05) is 35.0 Å². The molecule has 1 aromatic carbocycles. The van der Waals surface area contributed by atoms with E-state index in [1.807, 2.05) is 31.2 Å². The Labute approximate surface area is 108 Å². The second kappa shape index (κ2) is 4.84. The lowest BCUT2D eigenvalue weighted by Crippen LogP contribution is -1.99. The molecule has 0 aliphatic carbocycles. The van der Waals surface area contributed by atoms with E-state index in [0.29, 0.717) is 12.0 Å². The average Bonchev–Trinajstić information content (AvgIpc) is 2.62. The van der Waals surface area contributed by atoms with E-state index in [0.717, 1.165) is 15.6 Å². The highest BCUT2D eigenvalue weighted by Gasteiger charge is 2.29. The number of cyclic esters (lactones) is 2. The lowest BCUT2D eigenvalue weighted by molar-refractivity contribution is -0.151. The molecule has 0 atom stereocenters. The van der Waals surface area contributed by atoms with Gasteiger partial charge >= 0.3 is 11.9 Å². The molecule has 4 heteroatoms. The fourth-order valence-corrected chi connectivity index (χ4v) is 2.15. The first-order valence-electron chi connectivity index (χ1n) is 5.34. The molecule has 0 aromatic heterocycles. The highest BCUT2D eigenvalue weighted by Crippen LogP contribution is 2.29. The van der Waals surface area contributed by atoms with E-state index in [1.165, 1.54) is 0 Å². The van der Waals surface area contributed by atoms with E-state index >= 15 is 0 Å². The topological polar surface area (TPSA) is 43.4 Å². The number of carbonyl (C=O) groups excluding carboxylic acids is 2. The zero-order valence-corrected chi connectivity index (χ0v) is 10.9. The molecular formula is C13H11BrO3. The van der Waals surface area contributed by atoms with E-state index in [4.69, 9.17) is 0 Å². The van der Waals surface area contributed by atoms with Crippen molar-refractivity contribution in [2.24, 2.45) is 0 Å². The Kier molecular flexibility index (Phi) is 3.43. The van der Waals surface area contributed by atoms with Crippen LogP contribution in [-0.4, -0.2) is 11.9 Å². The fourth-order valence-electron chi connectivity index (χ4n) is 1.89. The molecule has 1 aliphatic heterocycles. The van der Waals surface area contributed by atoms with E-state index in [1.54, 1.807) is 0 Å². The minimum absolute atomic E-state index is 0.0814. The number of hydrogen-bond acceptors (Lipinski definition) is 3. The van der Waals surface area contributed by atoms with Crippen molar-refractivity contribution >= 4 is 33.4 Å². The van der Waals surface area contributed by atoms with Crippen LogP contribution in [0.25, 0.3) is 5.57 Å². The summed E-state index contributed by atoms with van der Waals surface area (Å²) in [6, 6.07) is 7.67. The lowest BCUT2D eigenvalue weighted by atomic mass is 9.97. The van der Waals surface area contributed by atoms with Crippen molar-refractivity contribution < 1.29 is 14.3 Å². The molecule has 1 aromatic rings. The van der Waals surface area contributed by atoms with Gasteiger partial charge in [0.05, 0.1) is 12.0 Å². The standard InChI is InChI=1S/C13H11BrO3/c1-2-10(8-3-5-9(14)6-4-8)11-7-12(15)17-13(11)16/h3-6H,2,7H2,1H3. The highest BCUT2D eigenvalue weighted by molar-refractivity contribution is 9.10. The zero-order valence-electron chi connectivity index (χ0n) is 9.33. The normalized spacial score (nSPS) is 18.2. The molecule has 0 N–H and O–H groups in total. The fraction of sp³-hybridized carbons (Fsp3) is 0.231. The molecule has 0 amide bonds. The average molecular weight is 295 g/mol. The maximum Gasteiger partial charge on any atom is 0.342 e. The number of ether oxygens (including phenoxy) is 1. The molecule has 1 fully saturated rings. The Morgan fingerprint density at radius 2 is 1.94 bits per heavy atom. The molecule has 17 heavy (non-hydrogen) atoms. The minimum atomic E-state index is -0.505.